The Bertz CT molecular complexity index is 355. The van der Waals surface area contributed by atoms with Gasteiger partial charge in [-0.15, -0.1) is 0 Å². The van der Waals surface area contributed by atoms with Crippen LogP contribution in [0, 0.1) is 5.92 Å². The molecule has 1 aliphatic rings. The summed E-state index contributed by atoms with van der Waals surface area (Å²) in [5, 5.41) is 15.9. The summed E-state index contributed by atoms with van der Waals surface area (Å²) in [7, 11) is 1.78. The van der Waals surface area contributed by atoms with E-state index in [-0.39, 0.29) is 12.0 Å². The molecule has 0 atom stereocenters. The van der Waals surface area contributed by atoms with Crippen molar-refractivity contribution < 1.29 is 9.90 Å². The van der Waals surface area contributed by atoms with Crippen LogP contribution < -0.4 is 5.32 Å². The van der Waals surface area contributed by atoms with Gasteiger partial charge in [0.1, 0.15) is 5.69 Å². The Kier molecular flexibility index (Phi) is 2.73. The minimum Gasteiger partial charge on any atom is -0.393 e. The number of nitrogens with one attached hydrogen (secondary N) is 1. The van der Waals surface area contributed by atoms with Gasteiger partial charge in [0.2, 0.25) is 0 Å². The third kappa shape index (κ3) is 2.36. The average Bonchev–Trinajstić information content (AvgIpc) is 2.57. The van der Waals surface area contributed by atoms with Crippen LogP contribution in [-0.4, -0.2) is 33.4 Å². The maximum atomic E-state index is 11.5. The molecule has 82 valence electrons. The lowest BCUT2D eigenvalue weighted by molar-refractivity contribution is 0.0419. The number of nitrogens with zero attached hydrogens (tertiary/aromatic N) is 2. The molecule has 0 aliphatic heterocycles. The lowest BCUT2D eigenvalue weighted by Gasteiger charge is -2.31. The predicted molar refractivity (Wildman–Crippen MR) is 54.3 cm³/mol. The number of aromatic nitrogens is 2. The standard InChI is InChI=1S/C10H15N3O2/c1-13-3-2-9(12-13)10(15)11-6-7-4-8(14)5-7/h2-3,7-8,14H,4-6H2,1H3,(H,11,15). The Morgan fingerprint density at radius 3 is 3.00 bits per heavy atom. The Labute approximate surface area is 88.1 Å². The van der Waals surface area contributed by atoms with E-state index in [0.717, 1.165) is 12.8 Å². The second-order valence-electron chi connectivity index (χ2n) is 4.08. The van der Waals surface area contributed by atoms with Crippen molar-refractivity contribution in [2.24, 2.45) is 13.0 Å². The minimum absolute atomic E-state index is 0.142. The van der Waals surface area contributed by atoms with Crippen LogP contribution in [0.2, 0.25) is 0 Å². The van der Waals surface area contributed by atoms with Crippen LogP contribution in [0.15, 0.2) is 12.3 Å². The quantitative estimate of drug-likeness (QED) is 0.731. The highest BCUT2D eigenvalue weighted by Gasteiger charge is 2.27. The zero-order chi connectivity index (χ0) is 10.8. The van der Waals surface area contributed by atoms with Crippen LogP contribution >= 0.6 is 0 Å². The molecule has 0 bridgehead atoms. The van der Waals surface area contributed by atoms with Crippen LogP contribution in [0.5, 0.6) is 0 Å². The highest BCUT2D eigenvalue weighted by molar-refractivity contribution is 5.92. The molecular formula is C10H15N3O2. The topological polar surface area (TPSA) is 67.2 Å². The molecule has 1 heterocycles. The largest absolute Gasteiger partial charge is 0.393 e. The average molecular weight is 209 g/mol. The van der Waals surface area contributed by atoms with Crippen molar-refractivity contribution in [1.82, 2.24) is 15.1 Å². The lowest BCUT2D eigenvalue weighted by Crippen LogP contribution is -2.38. The number of aryl methyl sites for hydroxylation is 1. The molecule has 0 radical (unpaired) electrons. The van der Waals surface area contributed by atoms with E-state index >= 15 is 0 Å². The number of aliphatic hydroxyl groups excluding tert-OH is 1. The summed E-state index contributed by atoms with van der Waals surface area (Å²) in [6.45, 7) is 0.631. The third-order valence-electron chi connectivity index (χ3n) is 2.71. The number of amides is 1. The van der Waals surface area contributed by atoms with Gasteiger partial charge in [0.25, 0.3) is 5.91 Å². The monoisotopic (exact) mass is 209 g/mol. The third-order valence-corrected chi connectivity index (χ3v) is 2.71. The number of hydrogen-bond donors (Lipinski definition) is 2. The minimum atomic E-state index is -0.165. The number of rotatable bonds is 3. The fourth-order valence-corrected chi connectivity index (χ4v) is 1.73. The van der Waals surface area contributed by atoms with Crippen LogP contribution in [0.4, 0.5) is 0 Å². The molecule has 1 amide bonds. The van der Waals surface area contributed by atoms with E-state index in [4.69, 9.17) is 5.11 Å². The summed E-state index contributed by atoms with van der Waals surface area (Å²) in [4.78, 5) is 11.5. The molecule has 0 unspecified atom stereocenters. The molecule has 0 spiro atoms. The molecule has 1 aromatic rings. The number of carbonyl (C=O) groups is 1. The van der Waals surface area contributed by atoms with Crippen molar-refractivity contribution in [1.29, 1.82) is 0 Å². The highest BCUT2D eigenvalue weighted by atomic mass is 16.3. The van der Waals surface area contributed by atoms with E-state index < -0.39 is 0 Å². The van der Waals surface area contributed by atoms with Crippen molar-refractivity contribution in [3.63, 3.8) is 0 Å². The van der Waals surface area contributed by atoms with Gasteiger partial charge in [-0.1, -0.05) is 0 Å². The molecular weight excluding hydrogens is 194 g/mol. The first kappa shape index (κ1) is 10.2. The van der Waals surface area contributed by atoms with E-state index in [9.17, 15) is 4.79 Å². The number of hydrogen-bond acceptors (Lipinski definition) is 3. The zero-order valence-electron chi connectivity index (χ0n) is 8.68. The normalized spacial score (nSPS) is 24.7. The molecule has 1 aliphatic carbocycles. The van der Waals surface area contributed by atoms with E-state index in [1.54, 1.807) is 24.0 Å². The predicted octanol–water partition coefficient (Wildman–Crippen LogP) is -0.0792. The summed E-state index contributed by atoms with van der Waals surface area (Å²) in [5.41, 5.74) is 0.442. The van der Waals surface area contributed by atoms with Crippen LogP contribution in [0.1, 0.15) is 23.3 Å². The van der Waals surface area contributed by atoms with Gasteiger partial charge in [-0.05, 0) is 24.8 Å². The first-order valence-corrected chi connectivity index (χ1v) is 5.11. The fraction of sp³-hybridized carbons (Fsp3) is 0.600. The number of aliphatic hydroxyl groups is 1. The van der Waals surface area contributed by atoms with Crippen LogP contribution in [0.3, 0.4) is 0 Å². The summed E-state index contributed by atoms with van der Waals surface area (Å²) < 4.78 is 1.60. The molecule has 5 nitrogen and oxygen atoms in total. The van der Waals surface area contributed by atoms with Gasteiger partial charge >= 0.3 is 0 Å². The summed E-state index contributed by atoms with van der Waals surface area (Å²) >= 11 is 0. The van der Waals surface area contributed by atoms with Gasteiger partial charge in [0.15, 0.2) is 0 Å². The van der Waals surface area contributed by atoms with E-state index in [1.165, 1.54) is 0 Å². The first-order valence-electron chi connectivity index (χ1n) is 5.11. The van der Waals surface area contributed by atoms with Crippen molar-refractivity contribution in [3.05, 3.63) is 18.0 Å². The van der Waals surface area contributed by atoms with Crippen LogP contribution in [0.25, 0.3) is 0 Å². The molecule has 2 N–H and O–H groups in total. The number of carbonyl (C=O) groups excluding carboxylic acids is 1. The van der Waals surface area contributed by atoms with Gasteiger partial charge in [0.05, 0.1) is 6.10 Å². The smallest absolute Gasteiger partial charge is 0.271 e. The van der Waals surface area contributed by atoms with Gasteiger partial charge in [-0.2, -0.15) is 5.10 Å². The van der Waals surface area contributed by atoms with Crippen molar-refractivity contribution in [2.75, 3.05) is 6.54 Å². The fourth-order valence-electron chi connectivity index (χ4n) is 1.73. The molecule has 15 heavy (non-hydrogen) atoms. The molecule has 1 fully saturated rings. The Balaban J connectivity index is 1.78. The first-order chi connectivity index (χ1) is 7.15. The molecule has 1 aromatic heterocycles. The molecule has 5 heteroatoms. The van der Waals surface area contributed by atoms with Gasteiger partial charge in [-0.3, -0.25) is 9.48 Å². The Morgan fingerprint density at radius 1 is 1.73 bits per heavy atom. The Hall–Kier alpha value is -1.36. The molecule has 2 rings (SSSR count). The summed E-state index contributed by atoms with van der Waals surface area (Å²) in [6.07, 6.45) is 3.16. The summed E-state index contributed by atoms with van der Waals surface area (Å²) in [5.74, 6) is 0.282. The molecule has 0 aromatic carbocycles. The van der Waals surface area contributed by atoms with E-state index in [0.29, 0.717) is 18.2 Å². The van der Waals surface area contributed by atoms with Gasteiger partial charge in [-0.25, -0.2) is 0 Å². The SMILES string of the molecule is Cn1ccc(C(=O)NCC2CC(O)C2)n1. The zero-order valence-corrected chi connectivity index (χ0v) is 8.68. The highest BCUT2D eigenvalue weighted by Crippen LogP contribution is 2.26. The van der Waals surface area contributed by atoms with Crippen molar-refractivity contribution in [2.45, 2.75) is 18.9 Å². The van der Waals surface area contributed by atoms with Crippen molar-refractivity contribution in [3.8, 4) is 0 Å². The second kappa shape index (κ2) is 4.02. The van der Waals surface area contributed by atoms with Gasteiger partial charge in [0, 0.05) is 19.8 Å². The molecule has 1 saturated carbocycles. The second-order valence-corrected chi connectivity index (χ2v) is 4.08. The lowest BCUT2D eigenvalue weighted by atomic mass is 9.82. The van der Waals surface area contributed by atoms with Crippen LogP contribution in [-0.2, 0) is 7.05 Å². The summed E-state index contributed by atoms with van der Waals surface area (Å²) in [6, 6.07) is 1.69. The van der Waals surface area contributed by atoms with Gasteiger partial charge < -0.3 is 10.4 Å². The maximum absolute atomic E-state index is 11.5. The van der Waals surface area contributed by atoms with E-state index in [1.807, 2.05) is 0 Å². The molecule has 0 saturated heterocycles. The van der Waals surface area contributed by atoms with E-state index in [2.05, 4.69) is 10.4 Å². The maximum Gasteiger partial charge on any atom is 0.271 e. The Morgan fingerprint density at radius 2 is 2.47 bits per heavy atom. The van der Waals surface area contributed by atoms with Crippen molar-refractivity contribution >= 4 is 5.91 Å².